The Bertz CT molecular complexity index is 97.7. The second kappa shape index (κ2) is 7.27. The van der Waals surface area contributed by atoms with Gasteiger partial charge in [-0.3, -0.25) is 8.32 Å². The van der Waals surface area contributed by atoms with Gasteiger partial charge in [0.25, 0.3) is 0 Å². The molecular weight excluding hydrogens is 245 g/mol. The van der Waals surface area contributed by atoms with Crippen LogP contribution in [0.15, 0.2) is 0 Å². The topological polar surface area (TPSA) is 49.3 Å². The Balaban J connectivity index is 2.84. The third kappa shape index (κ3) is 8.16. The summed E-state index contributed by atoms with van der Waals surface area (Å²) < 4.78 is 2.98. The number of nitrogens with one attached hydrogen (secondary N) is 1. The number of hydrogen-bond donors (Lipinski definition) is 2. The van der Waals surface area contributed by atoms with Crippen molar-refractivity contribution in [2.24, 2.45) is 0 Å². The van der Waals surface area contributed by atoms with E-state index in [1.807, 2.05) is 0 Å². The molecular formula is C6H12INO2. The summed E-state index contributed by atoms with van der Waals surface area (Å²) in [5.41, 5.74) is 0. The van der Waals surface area contributed by atoms with Crippen LogP contribution in [0, 0.1) is 0 Å². The van der Waals surface area contributed by atoms with Crippen molar-refractivity contribution in [3.05, 3.63) is 0 Å². The largest absolute Gasteiger partial charge is 0.481 e. The lowest BCUT2D eigenvalue weighted by molar-refractivity contribution is -0.137. The van der Waals surface area contributed by atoms with Gasteiger partial charge in [0.2, 0.25) is 0 Å². The highest BCUT2D eigenvalue weighted by atomic mass is 127. The van der Waals surface area contributed by atoms with E-state index in [0.29, 0.717) is 6.42 Å². The molecule has 0 aliphatic carbocycles. The Morgan fingerprint density at radius 2 is 2.10 bits per heavy atom. The summed E-state index contributed by atoms with van der Waals surface area (Å²) in [5, 5.41) is 8.25. The molecule has 0 atom stereocenters. The van der Waals surface area contributed by atoms with Crippen molar-refractivity contribution in [1.29, 1.82) is 0 Å². The summed E-state index contributed by atoms with van der Waals surface area (Å²) in [6.45, 7) is 0.972. The average molecular weight is 257 g/mol. The number of aliphatic carboxylic acids is 1. The molecule has 3 nitrogen and oxygen atoms in total. The number of halogens is 1. The molecule has 0 saturated carbocycles. The van der Waals surface area contributed by atoms with E-state index in [-0.39, 0.29) is 0 Å². The van der Waals surface area contributed by atoms with Crippen molar-refractivity contribution in [2.45, 2.75) is 25.7 Å². The molecule has 0 radical (unpaired) electrons. The van der Waals surface area contributed by atoms with E-state index in [0.717, 1.165) is 25.8 Å². The monoisotopic (exact) mass is 257 g/mol. The van der Waals surface area contributed by atoms with Crippen LogP contribution in [0.5, 0.6) is 0 Å². The highest BCUT2D eigenvalue weighted by Gasteiger charge is 1.94. The van der Waals surface area contributed by atoms with Crippen molar-refractivity contribution in [2.75, 3.05) is 6.54 Å². The lowest BCUT2D eigenvalue weighted by atomic mass is 10.2. The van der Waals surface area contributed by atoms with Crippen LogP contribution in [-0.4, -0.2) is 17.6 Å². The standard InChI is InChI=1S/C6H12INO2/c7-8-5-3-1-2-4-6(9)10/h8H,1-5H2,(H,9,10). The molecule has 0 aliphatic rings. The van der Waals surface area contributed by atoms with Gasteiger partial charge in [-0.05, 0) is 12.8 Å². The first-order valence-corrected chi connectivity index (χ1v) is 4.40. The van der Waals surface area contributed by atoms with Crippen molar-refractivity contribution in [1.82, 2.24) is 3.53 Å². The van der Waals surface area contributed by atoms with E-state index in [2.05, 4.69) is 26.4 Å². The molecule has 0 saturated heterocycles. The van der Waals surface area contributed by atoms with Crippen LogP contribution in [0.2, 0.25) is 0 Å². The van der Waals surface area contributed by atoms with Crippen LogP contribution < -0.4 is 3.53 Å². The van der Waals surface area contributed by atoms with Crippen LogP contribution >= 0.6 is 22.9 Å². The summed E-state index contributed by atoms with van der Waals surface area (Å²) in [6.07, 6.45) is 3.17. The molecule has 2 N–H and O–H groups in total. The SMILES string of the molecule is O=C(O)CCCCCNI. The second-order valence-corrected chi connectivity index (χ2v) is 2.85. The van der Waals surface area contributed by atoms with Crippen LogP contribution in [0.1, 0.15) is 25.7 Å². The van der Waals surface area contributed by atoms with Crippen molar-refractivity contribution < 1.29 is 9.90 Å². The summed E-state index contributed by atoms with van der Waals surface area (Å²) in [6, 6.07) is 0. The molecule has 10 heavy (non-hydrogen) atoms. The number of unbranched alkanes of at least 4 members (excludes halogenated alkanes) is 2. The molecule has 4 heteroatoms. The first-order chi connectivity index (χ1) is 4.77. The zero-order chi connectivity index (χ0) is 7.82. The van der Waals surface area contributed by atoms with Crippen molar-refractivity contribution >= 4 is 28.8 Å². The Hall–Kier alpha value is 0.160. The van der Waals surface area contributed by atoms with Crippen LogP contribution in [0.3, 0.4) is 0 Å². The van der Waals surface area contributed by atoms with Gasteiger partial charge in [0, 0.05) is 35.8 Å². The predicted molar refractivity (Wildman–Crippen MR) is 48.1 cm³/mol. The van der Waals surface area contributed by atoms with E-state index in [9.17, 15) is 4.79 Å². The Labute approximate surface area is 74.7 Å². The fraction of sp³-hybridized carbons (Fsp3) is 0.833. The maximum Gasteiger partial charge on any atom is 0.303 e. The van der Waals surface area contributed by atoms with Gasteiger partial charge < -0.3 is 5.11 Å². The highest BCUT2D eigenvalue weighted by molar-refractivity contribution is 14.1. The van der Waals surface area contributed by atoms with Gasteiger partial charge in [-0.2, -0.15) is 0 Å². The van der Waals surface area contributed by atoms with Crippen molar-refractivity contribution in [3.8, 4) is 0 Å². The molecule has 0 rings (SSSR count). The van der Waals surface area contributed by atoms with Crippen molar-refractivity contribution in [3.63, 3.8) is 0 Å². The summed E-state index contributed by atoms with van der Waals surface area (Å²) in [4.78, 5) is 10.0. The Morgan fingerprint density at radius 1 is 1.40 bits per heavy atom. The molecule has 0 heterocycles. The van der Waals surface area contributed by atoms with Gasteiger partial charge in [0.15, 0.2) is 0 Å². The zero-order valence-electron chi connectivity index (χ0n) is 5.77. The molecule has 0 spiro atoms. The maximum absolute atomic E-state index is 10.0. The van der Waals surface area contributed by atoms with E-state index in [4.69, 9.17) is 5.11 Å². The minimum Gasteiger partial charge on any atom is -0.481 e. The smallest absolute Gasteiger partial charge is 0.303 e. The van der Waals surface area contributed by atoms with E-state index in [1.165, 1.54) is 0 Å². The normalized spacial score (nSPS) is 9.70. The first kappa shape index (κ1) is 10.2. The van der Waals surface area contributed by atoms with Gasteiger partial charge in [-0.1, -0.05) is 6.42 Å². The number of carbonyl (C=O) groups is 1. The predicted octanol–water partition coefficient (Wildman–Crippen LogP) is 1.57. The number of carboxylic acids is 1. The number of carboxylic acid groups (broad SMARTS) is 1. The first-order valence-electron chi connectivity index (χ1n) is 3.32. The number of hydrogen-bond acceptors (Lipinski definition) is 2. The molecule has 0 aromatic heterocycles. The fourth-order valence-electron chi connectivity index (χ4n) is 0.645. The minimum atomic E-state index is -0.692. The third-order valence-electron chi connectivity index (χ3n) is 1.16. The molecule has 0 fully saturated rings. The van der Waals surface area contributed by atoms with E-state index in [1.54, 1.807) is 0 Å². The van der Waals surface area contributed by atoms with Gasteiger partial charge in [0.1, 0.15) is 0 Å². The summed E-state index contributed by atoms with van der Waals surface area (Å²) in [5.74, 6) is -0.692. The Kier molecular flexibility index (Phi) is 7.39. The maximum atomic E-state index is 10.0. The minimum absolute atomic E-state index is 0.307. The molecule has 0 bridgehead atoms. The lowest BCUT2D eigenvalue weighted by Crippen LogP contribution is -2.00. The van der Waals surface area contributed by atoms with Gasteiger partial charge in [-0.25, -0.2) is 0 Å². The molecule has 0 unspecified atom stereocenters. The molecule has 60 valence electrons. The average Bonchev–Trinajstić information content (AvgIpc) is 1.87. The van der Waals surface area contributed by atoms with Crippen LogP contribution in [0.4, 0.5) is 0 Å². The summed E-state index contributed by atoms with van der Waals surface area (Å²) >= 11 is 2.09. The Morgan fingerprint density at radius 3 is 2.60 bits per heavy atom. The quantitative estimate of drug-likeness (QED) is 0.431. The summed E-state index contributed by atoms with van der Waals surface area (Å²) in [7, 11) is 0. The van der Waals surface area contributed by atoms with Gasteiger partial charge in [-0.15, -0.1) is 0 Å². The molecule has 0 aromatic carbocycles. The zero-order valence-corrected chi connectivity index (χ0v) is 7.93. The van der Waals surface area contributed by atoms with Gasteiger partial charge >= 0.3 is 5.97 Å². The van der Waals surface area contributed by atoms with E-state index < -0.39 is 5.97 Å². The van der Waals surface area contributed by atoms with Gasteiger partial charge in [0.05, 0.1) is 0 Å². The van der Waals surface area contributed by atoms with Crippen LogP contribution in [0.25, 0.3) is 0 Å². The molecule has 0 amide bonds. The lowest BCUT2D eigenvalue weighted by Gasteiger charge is -1.95. The third-order valence-corrected chi connectivity index (χ3v) is 1.70. The highest BCUT2D eigenvalue weighted by Crippen LogP contribution is 1.98. The fourth-order valence-corrected chi connectivity index (χ4v) is 1.03. The molecule has 0 aromatic rings. The van der Waals surface area contributed by atoms with Crippen LogP contribution in [-0.2, 0) is 4.79 Å². The van der Waals surface area contributed by atoms with E-state index >= 15 is 0 Å². The second-order valence-electron chi connectivity index (χ2n) is 2.09. The number of rotatable bonds is 6. The molecule has 0 aliphatic heterocycles.